The van der Waals surface area contributed by atoms with E-state index in [0.29, 0.717) is 15.9 Å². The average Bonchev–Trinajstić information content (AvgIpc) is 2.63. The summed E-state index contributed by atoms with van der Waals surface area (Å²) in [6.45, 7) is 1.65. The summed E-state index contributed by atoms with van der Waals surface area (Å²) < 4.78 is 30.2. The predicted molar refractivity (Wildman–Crippen MR) is 103 cm³/mol. The highest BCUT2D eigenvalue weighted by atomic mass is 79.9. The van der Waals surface area contributed by atoms with E-state index >= 15 is 0 Å². The first-order valence-electron chi connectivity index (χ1n) is 8.07. The van der Waals surface area contributed by atoms with Crippen molar-refractivity contribution in [2.75, 3.05) is 5.32 Å². The molecule has 0 saturated heterocycles. The van der Waals surface area contributed by atoms with Gasteiger partial charge in [0.05, 0.1) is 23.6 Å². The molecule has 2 N–H and O–H groups in total. The van der Waals surface area contributed by atoms with Gasteiger partial charge in [0.25, 0.3) is 5.56 Å². The molecular weight excluding hydrogens is 436 g/mol. The van der Waals surface area contributed by atoms with E-state index in [9.17, 15) is 23.5 Å². The average molecular weight is 450 g/mol. The molecule has 3 aromatic rings. The molecule has 0 amide bonds. The molecule has 0 fully saturated rings. The van der Waals surface area contributed by atoms with Crippen LogP contribution in [-0.2, 0) is 6.54 Å². The number of benzene rings is 1. The van der Waals surface area contributed by atoms with E-state index in [1.165, 1.54) is 12.1 Å². The van der Waals surface area contributed by atoms with E-state index in [4.69, 9.17) is 0 Å². The van der Waals surface area contributed by atoms with Crippen LogP contribution >= 0.6 is 15.9 Å². The monoisotopic (exact) mass is 449 g/mol. The summed E-state index contributed by atoms with van der Waals surface area (Å²) in [6.07, 6.45) is 1.01. The summed E-state index contributed by atoms with van der Waals surface area (Å²) in [6, 6.07) is 9.05. The number of nitrogens with zero attached hydrogens (tertiary/aromatic N) is 2. The largest absolute Gasteiger partial charge is 0.478 e. The van der Waals surface area contributed by atoms with Crippen molar-refractivity contribution in [3.05, 3.63) is 86.0 Å². The van der Waals surface area contributed by atoms with E-state index in [2.05, 4.69) is 26.2 Å². The third-order valence-electron chi connectivity index (χ3n) is 3.92. The topological polar surface area (TPSA) is 84.2 Å². The Balaban J connectivity index is 2.07. The zero-order valence-corrected chi connectivity index (χ0v) is 16.1. The van der Waals surface area contributed by atoms with Crippen molar-refractivity contribution < 1.29 is 18.7 Å². The van der Waals surface area contributed by atoms with Crippen molar-refractivity contribution >= 4 is 33.3 Å². The fourth-order valence-electron chi connectivity index (χ4n) is 2.62. The predicted octanol–water partition coefficient (Wildman–Crippen LogP) is 4.08. The second-order valence-corrected chi connectivity index (χ2v) is 6.91. The summed E-state index contributed by atoms with van der Waals surface area (Å²) in [7, 11) is 0. The first-order valence-corrected chi connectivity index (χ1v) is 8.86. The number of hydrogen-bond acceptors (Lipinski definition) is 4. The van der Waals surface area contributed by atoms with Gasteiger partial charge in [-0.05, 0) is 37.3 Å². The molecule has 6 nitrogen and oxygen atoms in total. The van der Waals surface area contributed by atoms with Crippen molar-refractivity contribution in [1.82, 2.24) is 9.55 Å². The maximum Gasteiger partial charge on any atom is 0.339 e. The number of nitrogens with one attached hydrogen (secondary N) is 1. The molecule has 9 heteroatoms. The maximum absolute atomic E-state index is 14.8. The third-order valence-corrected chi connectivity index (χ3v) is 4.42. The Morgan fingerprint density at radius 2 is 2.04 bits per heavy atom. The van der Waals surface area contributed by atoms with Gasteiger partial charge in [0, 0.05) is 16.4 Å². The Bertz CT molecular complexity index is 1130. The molecule has 1 aromatic carbocycles. The van der Waals surface area contributed by atoms with Crippen LogP contribution in [0.2, 0.25) is 0 Å². The Hall–Kier alpha value is -3.07. The molecule has 0 aliphatic rings. The minimum Gasteiger partial charge on any atom is -0.478 e. The summed E-state index contributed by atoms with van der Waals surface area (Å²) in [5.74, 6) is -3.53. The van der Waals surface area contributed by atoms with Gasteiger partial charge in [-0.2, -0.15) is 4.39 Å². The molecule has 0 spiro atoms. The van der Waals surface area contributed by atoms with Gasteiger partial charge >= 0.3 is 5.97 Å². The molecule has 0 atom stereocenters. The standard InChI is InChI=1S/C19H14BrF2N3O3/c1-10-3-2-4-12(23-10)8-25-9-13(19(27)28)17(16(22)18(25)26)24-15-6-5-11(20)7-14(15)21/h2-7,9,24H,8H2,1H3,(H,27,28). The molecule has 0 radical (unpaired) electrons. The number of aromatic nitrogens is 2. The second kappa shape index (κ2) is 7.89. The first kappa shape index (κ1) is 19.7. The van der Waals surface area contributed by atoms with E-state index in [0.717, 1.165) is 16.8 Å². The van der Waals surface area contributed by atoms with Crippen LogP contribution in [0.1, 0.15) is 21.7 Å². The van der Waals surface area contributed by atoms with Crippen LogP contribution in [0.25, 0.3) is 0 Å². The second-order valence-electron chi connectivity index (χ2n) is 5.99. The Morgan fingerprint density at radius 3 is 2.68 bits per heavy atom. The Kier molecular flexibility index (Phi) is 5.55. The van der Waals surface area contributed by atoms with Crippen molar-refractivity contribution in [1.29, 1.82) is 0 Å². The number of rotatable bonds is 5. The minimum absolute atomic E-state index is 0.107. The van der Waals surface area contributed by atoms with Crippen molar-refractivity contribution in [3.63, 3.8) is 0 Å². The van der Waals surface area contributed by atoms with Crippen LogP contribution < -0.4 is 10.9 Å². The summed E-state index contributed by atoms with van der Waals surface area (Å²) >= 11 is 3.10. The molecule has 144 valence electrons. The lowest BCUT2D eigenvalue weighted by molar-refractivity contribution is 0.0696. The molecular formula is C19H14BrF2N3O3. The highest BCUT2D eigenvalue weighted by Gasteiger charge is 2.22. The van der Waals surface area contributed by atoms with Gasteiger partial charge in [-0.3, -0.25) is 9.78 Å². The first-order chi connectivity index (χ1) is 13.3. The molecule has 0 unspecified atom stereocenters. The molecule has 28 heavy (non-hydrogen) atoms. The molecule has 2 heterocycles. The number of carboxylic acids is 1. The zero-order chi connectivity index (χ0) is 20.4. The van der Waals surface area contributed by atoms with Crippen molar-refractivity contribution in [2.24, 2.45) is 0 Å². The Labute approximate surface area is 166 Å². The number of carboxylic acid groups (broad SMARTS) is 1. The van der Waals surface area contributed by atoms with E-state index in [1.54, 1.807) is 25.1 Å². The van der Waals surface area contributed by atoms with Gasteiger partial charge in [-0.25, -0.2) is 9.18 Å². The van der Waals surface area contributed by atoms with Crippen LogP contribution in [0.3, 0.4) is 0 Å². The zero-order valence-electron chi connectivity index (χ0n) is 14.5. The molecule has 0 aliphatic heterocycles. The van der Waals surface area contributed by atoms with Crippen LogP contribution in [0, 0.1) is 18.6 Å². The highest BCUT2D eigenvalue weighted by molar-refractivity contribution is 9.10. The lowest BCUT2D eigenvalue weighted by Crippen LogP contribution is -2.27. The minimum atomic E-state index is -1.47. The number of pyridine rings is 2. The van der Waals surface area contributed by atoms with E-state index < -0.39 is 34.4 Å². The molecule has 0 bridgehead atoms. The van der Waals surface area contributed by atoms with Crippen molar-refractivity contribution in [3.8, 4) is 0 Å². The molecule has 3 rings (SSSR count). The Morgan fingerprint density at radius 1 is 1.29 bits per heavy atom. The fourth-order valence-corrected chi connectivity index (χ4v) is 2.95. The number of carbonyl (C=O) groups is 1. The summed E-state index contributed by atoms with van der Waals surface area (Å²) in [4.78, 5) is 28.3. The van der Waals surface area contributed by atoms with Crippen LogP contribution in [-0.4, -0.2) is 20.6 Å². The number of hydrogen-bond donors (Lipinski definition) is 2. The van der Waals surface area contributed by atoms with Gasteiger partial charge < -0.3 is 15.0 Å². The van der Waals surface area contributed by atoms with Crippen LogP contribution in [0.15, 0.2) is 51.9 Å². The van der Waals surface area contributed by atoms with Gasteiger partial charge in [0.1, 0.15) is 11.4 Å². The smallest absolute Gasteiger partial charge is 0.339 e. The molecule has 0 aliphatic carbocycles. The van der Waals surface area contributed by atoms with Crippen molar-refractivity contribution in [2.45, 2.75) is 13.5 Å². The SMILES string of the molecule is Cc1cccc(Cn2cc(C(=O)O)c(Nc3ccc(Br)cc3F)c(F)c2=O)n1. The summed E-state index contributed by atoms with van der Waals surface area (Å²) in [5.41, 5.74) is -1.15. The van der Waals surface area contributed by atoms with Gasteiger partial charge in [-0.1, -0.05) is 22.0 Å². The molecule has 2 aromatic heterocycles. The highest BCUT2D eigenvalue weighted by Crippen LogP contribution is 2.26. The fraction of sp³-hybridized carbons (Fsp3) is 0.105. The number of anilines is 2. The van der Waals surface area contributed by atoms with E-state index in [1.807, 2.05) is 0 Å². The van der Waals surface area contributed by atoms with Gasteiger partial charge in [0.2, 0.25) is 5.82 Å². The maximum atomic E-state index is 14.8. The van der Waals surface area contributed by atoms with Crippen LogP contribution in [0.5, 0.6) is 0 Å². The summed E-state index contributed by atoms with van der Waals surface area (Å²) in [5, 5.41) is 11.8. The number of aromatic carboxylic acids is 1. The quantitative estimate of drug-likeness (QED) is 0.612. The normalized spacial score (nSPS) is 10.7. The van der Waals surface area contributed by atoms with Crippen LogP contribution in [0.4, 0.5) is 20.2 Å². The van der Waals surface area contributed by atoms with Gasteiger partial charge in [-0.15, -0.1) is 0 Å². The molecule has 0 saturated carbocycles. The number of aryl methyl sites for hydroxylation is 1. The lowest BCUT2D eigenvalue weighted by Gasteiger charge is -2.14. The third kappa shape index (κ3) is 4.09. The lowest BCUT2D eigenvalue weighted by atomic mass is 10.2. The number of halogens is 3. The van der Waals surface area contributed by atoms with E-state index in [-0.39, 0.29) is 12.2 Å². The van der Waals surface area contributed by atoms with Gasteiger partial charge in [0.15, 0.2) is 0 Å².